The highest BCUT2D eigenvalue weighted by molar-refractivity contribution is 5.19. The third kappa shape index (κ3) is 2.32. The fourth-order valence-corrected chi connectivity index (χ4v) is 3.63. The van der Waals surface area contributed by atoms with Gasteiger partial charge < -0.3 is 9.47 Å². The maximum atomic E-state index is 6.43. The summed E-state index contributed by atoms with van der Waals surface area (Å²) in [6, 6.07) is 10.6. The van der Waals surface area contributed by atoms with Gasteiger partial charge in [0.15, 0.2) is 0 Å². The van der Waals surface area contributed by atoms with Gasteiger partial charge in [-0.3, -0.25) is 0 Å². The molecule has 2 fully saturated rings. The van der Waals surface area contributed by atoms with Crippen molar-refractivity contribution in [1.29, 1.82) is 0 Å². The van der Waals surface area contributed by atoms with Gasteiger partial charge in [-0.2, -0.15) is 0 Å². The molecule has 0 aromatic heterocycles. The predicted molar refractivity (Wildman–Crippen MR) is 76.1 cm³/mol. The van der Waals surface area contributed by atoms with E-state index in [1.54, 1.807) is 0 Å². The van der Waals surface area contributed by atoms with Crippen molar-refractivity contribution in [3.8, 4) is 0 Å². The molecular formula is C17H24O2. The molecule has 2 saturated heterocycles. The quantitative estimate of drug-likeness (QED) is 0.808. The Hall–Kier alpha value is -0.860. The summed E-state index contributed by atoms with van der Waals surface area (Å²) in [5, 5.41) is 0. The number of hydrogen-bond donors (Lipinski definition) is 0. The highest BCUT2D eigenvalue weighted by atomic mass is 16.6. The summed E-state index contributed by atoms with van der Waals surface area (Å²) in [4.78, 5) is 0. The zero-order chi connectivity index (χ0) is 13.3. The van der Waals surface area contributed by atoms with Gasteiger partial charge in [0.25, 0.3) is 0 Å². The van der Waals surface area contributed by atoms with Gasteiger partial charge in [0.1, 0.15) is 0 Å². The van der Waals surface area contributed by atoms with E-state index in [9.17, 15) is 0 Å². The normalized spacial score (nSPS) is 33.1. The van der Waals surface area contributed by atoms with Crippen molar-refractivity contribution < 1.29 is 9.47 Å². The Morgan fingerprint density at radius 3 is 2.53 bits per heavy atom. The Bertz CT molecular complexity index is 424. The van der Waals surface area contributed by atoms with E-state index in [0.717, 1.165) is 38.7 Å². The van der Waals surface area contributed by atoms with Gasteiger partial charge in [0.2, 0.25) is 0 Å². The SMILES string of the molecule is CCC1(CC)CC2(CCC(c3ccccc3)O2)CO1. The molecule has 0 radical (unpaired) electrons. The molecule has 2 aliphatic heterocycles. The molecule has 2 heterocycles. The highest BCUT2D eigenvalue weighted by Crippen LogP contribution is 2.50. The third-order valence-corrected chi connectivity index (χ3v) is 5.00. The minimum absolute atomic E-state index is 0.0213. The number of ether oxygens (including phenoxy) is 2. The second-order valence-corrected chi connectivity index (χ2v) is 6.09. The van der Waals surface area contributed by atoms with Gasteiger partial charge in [-0.25, -0.2) is 0 Å². The molecule has 2 heteroatoms. The molecule has 2 atom stereocenters. The molecule has 2 nitrogen and oxygen atoms in total. The van der Waals surface area contributed by atoms with Gasteiger partial charge in [0, 0.05) is 6.42 Å². The van der Waals surface area contributed by atoms with Crippen LogP contribution in [0.5, 0.6) is 0 Å². The van der Waals surface area contributed by atoms with Crippen LogP contribution in [0.3, 0.4) is 0 Å². The summed E-state index contributed by atoms with van der Waals surface area (Å²) in [6.07, 6.45) is 5.76. The average Bonchev–Trinajstić information content (AvgIpc) is 3.06. The lowest BCUT2D eigenvalue weighted by Gasteiger charge is -2.27. The predicted octanol–water partition coefficient (Wildman–Crippen LogP) is 4.26. The van der Waals surface area contributed by atoms with Crippen LogP contribution in [0, 0.1) is 0 Å². The molecular weight excluding hydrogens is 236 g/mol. The number of rotatable bonds is 3. The van der Waals surface area contributed by atoms with E-state index in [2.05, 4.69) is 44.2 Å². The highest BCUT2D eigenvalue weighted by Gasteiger charge is 2.52. The van der Waals surface area contributed by atoms with E-state index in [1.165, 1.54) is 5.56 Å². The molecule has 2 unspecified atom stereocenters. The Morgan fingerprint density at radius 2 is 1.89 bits per heavy atom. The van der Waals surface area contributed by atoms with E-state index in [4.69, 9.17) is 9.47 Å². The molecule has 1 aromatic rings. The standard InChI is InChI=1S/C17H24O2/c1-3-16(4-2)12-17(13-18-16)11-10-15(19-17)14-8-6-5-7-9-14/h5-9,15H,3-4,10-13H2,1-2H3. The average molecular weight is 260 g/mol. The molecule has 3 rings (SSSR count). The van der Waals surface area contributed by atoms with Crippen LogP contribution in [0.1, 0.15) is 57.6 Å². The van der Waals surface area contributed by atoms with Gasteiger partial charge in [-0.1, -0.05) is 44.2 Å². The fraction of sp³-hybridized carbons (Fsp3) is 0.647. The molecule has 104 valence electrons. The smallest absolute Gasteiger partial charge is 0.0951 e. The molecule has 0 amide bonds. The third-order valence-electron chi connectivity index (χ3n) is 5.00. The monoisotopic (exact) mass is 260 g/mol. The lowest BCUT2D eigenvalue weighted by molar-refractivity contribution is -0.0499. The second kappa shape index (κ2) is 4.92. The van der Waals surface area contributed by atoms with Crippen molar-refractivity contribution >= 4 is 0 Å². The van der Waals surface area contributed by atoms with E-state index in [0.29, 0.717) is 0 Å². The molecule has 19 heavy (non-hydrogen) atoms. The first kappa shape index (κ1) is 13.1. The van der Waals surface area contributed by atoms with Crippen LogP contribution in [0.4, 0.5) is 0 Å². The van der Waals surface area contributed by atoms with E-state index in [1.807, 2.05) is 0 Å². The van der Waals surface area contributed by atoms with Crippen LogP contribution in [0.25, 0.3) is 0 Å². The Balaban J connectivity index is 1.73. The summed E-state index contributed by atoms with van der Waals surface area (Å²) < 4.78 is 12.6. The van der Waals surface area contributed by atoms with Crippen LogP contribution < -0.4 is 0 Å². The molecule has 1 aromatic carbocycles. The van der Waals surface area contributed by atoms with Crippen LogP contribution in [0.15, 0.2) is 30.3 Å². The maximum Gasteiger partial charge on any atom is 0.0951 e. The van der Waals surface area contributed by atoms with Crippen molar-refractivity contribution in [2.24, 2.45) is 0 Å². The zero-order valence-electron chi connectivity index (χ0n) is 12.0. The van der Waals surface area contributed by atoms with Gasteiger partial charge >= 0.3 is 0 Å². The second-order valence-electron chi connectivity index (χ2n) is 6.09. The van der Waals surface area contributed by atoms with Crippen molar-refractivity contribution in [1.82, 2.24) is 0 Å². The fourth-order valence-electron chi connectivity index (χ4n) is 3.63. The lowest BCUT2D eigenvalue weighted by atomic mass is 9.85. The van der Waals surface area contributed by atoms with Crippen molar-refractivity contribution in [3.63, 3.8) is 0 Å². The molecule has 0 saturated carbocycles. The van der Waals surface area contributed by atoms with E-state index in [-0.39, 0.29) is 17.3 Å². The molecule has 2 aliphatic rings. The summed E-state index contributed by atoms with van der Waals surface area (Å²) in [7, 11) is 0. The largest absolute Gasteiger partial charge is 0.372 e. The van der Waals surface area contributed by atoms with Crippen LogP contribution in [0.2, 0.25) is 0 Å². The first-order chi connectivity index (χ1) is 9.21. The maximum absolute atomic E-state index is 6.43. The minimum atomic E-state index is -0.0213. The van der Waals surface area contributed by atoms with Gasteiger partial charge in [0.05, 0.1) is 23.9 Å². The lowest BCUT2D eigenvalue weighted by Crippen LogP contribution is -2.32. The van der Waals surface area contributed by atoms with Crippen molar-refractivity contribution in [2.45, 2.75) is 63.3 Å². The van der Waals surface area contributed by atoms with Gasteiger partial charge in [-0.05, 0) is 31.2 Å². The number of benzene rings is 1. The Kier molecular flexibility index (Phi) is 3.40. The van der Waals surface area contributed by atoms with Crippen LogP contribution in [-0.2, 0) is 9.47 Å². The van der Waals surface area contributed by atoms with Crippen LogP contribution in [-0.4, -0.2) is 17.8 Å². The van der Waals surface area contributed by atoms with Crippen molar-refractivity contribution in [3.05, 3.63) is 35.9 Å². The molecule has 0 N–H and O–H groups in total. The summed E-state index contributed by atoms with van der Waals surface area (Å²) in [5.74, 6) is 0. The first-order valence-corrected chi connectivity index (χ1v) is 7.58. The van der Waals surface area contributed by atoms with E-state index >= 15 is 0 Å². The van der Waals surface area contributed by atoms with Crippen LogP contribution >= 0.6 is 0 Å². The summed E-state index contributed by atoms with van der Waals surface area (Å²) in [6.45, 7) is 5.23. The Labute approximate surface area is 116 Å². The summed E-state index contributed by atoms with van der Waals surface area (Å²) in [5.41, 5.74) is 1.35. The topological polar surface area (TPSA) is 18.5 Å². The first-order valence-electron chi connectivity index (χ1n) is 7.58. The molecule has 0 bridgehead atoms. The van der Waals surface area contributed by atoms with Gasteiger partial charge in [-0.15, -0.1) is 0 Å². The number of hydrogen-bond acceptors (Lipinski definition) is 2. The Morgan fingerprint density at radius 1 is 1.16 bits per heavy atom. The zero-order valence-corrected chi connectivity index (χ0v) is 12.0. The minimum Gasteiger partial charge on any atom is -0.372 e. The van der Waals surface area contributed by atoms with E-state index < -0.39 is 0 Å². The molecule has 1 spiro atoms. The van der Waals surface area contributed by atoms with Crippen molar-refractivity contribution in [2.75, 3.05) is 6.61 Å². The molecule has 0 aliphatic carbocycles. The summed E-state index contributed by atoms with van der Waals surface area (Å²) >= 11 is 0.